The summed E-state index contributed by atoms with van der Waals surface area (Å²) in [4.78, 5) is 1.20. The average Bonchev–Trinajstić information content (AvgIpc) is 2.53. The minimum absolute atomic E-state index is 0.0614. The van der Waals surface area contributed by atoms with Crippen LogP contribution in [-0.2, 0) is 6.42 Å². The maximum absolute atomic E-state index is 13.7. The molecular formula is C16H19FN2OS. The first-order chi connectivity index (χ1) is 10.2. The summed E-state index contributed by atoms with van der Waals surface area (Å²) in [6.07, 6.45) is 2.64. The molecule has 3 nitrogen and oxygen atoms in total. The zero-order chi connectivity index (χ0) is 15.2. The fourth-order valence-corrected chi connectivity index (χ4v) is 2.59. The van der Waals surface area contributed by atoms with Gasteiger partial charge in [0.1, 0.15) is 0 Å². The molecule has 2 aromatic carbocycles. The van der Waals surface area contributed by atoms with Gasteiger partial charge in [0.25, 0.3) is 0 Å². The monoisotopic (exact) mass is 306 g/mol. The number of benzene rings is 2. The summed E-state index contributed by atoms with van der Waals surface area (Å²) in [5.74, 6) is 5.54. The smallest absolute Gasteiger partial charge is 0.165 e. The van der Waals surface area contributed by atoms with Gasteiger partial charge in [-0.1, -0.05) is 18.2 Å². The maximum Gasteiger partial charge on any atom is 0.165 e. The molecule has 0 bridgehead atoms. The second kappa shape index (κ2) is 7.45. The van der Waals surface area contributed by atoms with Crippen molar-refractivity contribution in [2.45, 2.75) is 17.4 Å². The zero-order valence-electron chi connectivity index (χ0n) is 12.1. The van der Waals surface area contributed by atoms with E-state index in [9.17, 15) is 4.39 Å². The number of nitrogens with one attached hydrogen (secondary N) is 1. The van der Waals surface area contributed by atoms with Crippen LogP contribution < -0.4 is 16.0 Å². The lowest BCUT2D eigenvalue weighted by atomic mass is 9.99. The largest absolute Gasteiger partial charge is 0.494 e. The van der Waals surface area contributed by atoms with Crippen LogP contribution in [0, 0.1) is 5.82 Å². The number of hydrogen-bond acceptors (Lipinski definition) is 4. The van der Waals surface area contributed by atoms with E-state index in [2.05, 4.69) is 17.6 Å². The van der Waals surface area contributed by atoms with Crippen molar-refractivity contribution in [2.24, 2.45) is 5.84 Å². The molecule has 1 unspecified atom stereocenters. The van der Waals surface area contributed by atoms with E-state index >= 15 is 0 Å². The van der Waals surface area contributed by atoms with Gasteiger partial charge in [-0.15, -0.1) is 11.8 Å². The Hall–Kier alpha value is -1.56. The molecule has 0 aliphatic rings. The molecule has 0 spiro atoms. The topological polar surface area (TPSA) is 47.3 Å². The van der Waals surface area contributed by atoms with Crippen LogP contribution in [-0.4, -0.2) is 13.4 Å². The number of halogens is 1. The van der Waals surface area contributed by atoms with Crippen LogP contribution in [0.5, 0.6) is 5.75 Å². The van der Waals surface area contributed by atoms with Crippen LogP contribution in [0.25, 0.3) is 0 Å². The highest BCUT2D eigenvalue weighted by atomic mass is 32.2. The molecule has 0 saturated carbocycles. The molecule has 0 heterocycles. The molecule has 0 aliphatic carbocycles. The minimum atomic E-state index is -0.358. The number of rotatable bonds is 6. The zero-order valence-corrected chi connectivity index (χ0v) is 12.9. The minimum Gasteiger partial charge on any atom is -0.494 e. The van der Waals surface area contributed by atoms with Gasteiger partial charge in [-0.3, -0.25) is 11.3 Å². The Labute approximate surface area is 128 Å². The maximum atomic E-state index is 13.7. The van der Waals surface area contributed by atoms with E-state index in [-0.39, 0.29) is 17.6 Å². The number of ether oxygens (including phenoxy) is 1. The average molecular weight is 306 g/mol. The van der Waals surface area contributed by atoms with Crippen molar-refractivity contribution in [3.63, 3.8) is 0 Å². The van der Waals surface area contributed by atoms with Crippen molar-refractivity contribution in [1.82, 2.24) is 5.43 Å². The highest BCUT2D eigenvalue weighted by Crippen LogP contribution is 2.24. The highest BCUT2D eigenvalue weighted by Gasteiger charge is 2.12. The number of nitrogens with two attached hydrogens (primary N) is 1. The highest BCUT2D eigenvalue weighted by molar-refractivity contribution is 7.98. The van der Waals surface area contributed by atoms with Crippen molar-refractivity contribution >= 4 is 11.8 Å². The van der Waals surface area contributed by atoms with Gasteiger partial charge in [0, 0.05) is 10.9 Å². The Bertz CT molecular complexity index is 589. The quantitative estimate of drug-likeness (QED) is 0.488. The lowest BCUT2D eigenvalue weighted by molar-refractivity contribution is 0.386. The van der Waals surface area contributed by atoms with E-state index in [1.807, 2.05) is 24.5 Å². The Morgan fingerprint density at radius 2 is 1.95 bits per heavy atom. The van der Waals surface area contributed by atoms with E-state index in [0.29, 0.717) is 6.42 Å². The van der Waals surface area contributed by atoms with Crippen LogP contribution in [0.4, 0.5) is 4.39 Å². The van der Waals surface area contributed by atoms with Crippen molar-refractivity contribution in [3.05, 3.63) is 59.4 Å². The van der Waals surface area contributed by atoms with Crippen molar-refractivity contribution < 1.29 is 9.13 Å². The van der Waals surface area contributed by atoms with Crippen LogP contribution in [0.3, 0.4) is 0 Å². The molecule has 3 N–H and O–H groups in total. The van der Waals surface area contributed by atoms with E-state index < -0.39 is 0 Å². The predicted molar refractivity (Wildman–Crippen MR) is 84.9 cm³/mol. The molecular weight excluding hydrogens is 287 g/mol. The van der Waals surface area contributed by atoms with Crippen molar-refractivity contribution in [1.29, 1.82) is 0 Å². The van der Waals surface area contributed by atoms with E-state index in [4.69, 9.17) is 10.6 Å². The lowest BCUT2D eigenvalue weighted by Crippen LogP contribution is -2.29. The van der Waals surface area contributed by atoms with Crippen LogP contribution in [0.2, 0.25) is 0 Å². The summed E-state index contributed by atoms with van der Waals surface area (Å²) in [6, 6.07) is 13.1. The molecule has 0 aliphatic heterocycles. The van der Waals surface area contributed by atoms with Gasteiger partial charge in [-0.2, -0.15) is 0 Å². The molecule has 5 heteroatoms. The van der Waals surface area contributed by atoms with Crippen molar-refractivity contribution in [2.75, 3.05) is 13.4 Å². The second-order valence-electron chi connectivity index (χ2n) is 4.67. The Kier molecular flexibility index (Phi) is 5.61. The van der Waals surface area contributed by atoms with Gasteiger partial charge in [0.15, 0.2) is 11.6 Å². The van der Waals surface area contributed by atoms with Crippen LogP contribution in [0.1, 0.15) is 17.2 Å². The summed E-state index contributed by atoms with van der Waals surface area (Å²) >= 11 is 1.69. The summed E-state index contributed by atoms with van der Waals surface area (Å²) < 4.78 is 18.7. The van der Waals surface area contributed by atoms with Crippen LogP contribution >= 0.6 is 11.8 Å². The molecule has 0 radical (unpaired) electrons. The summed E-state index contributed by atoms with van der Waals surface area (Å²) in [6.45, 7) is 0. The first kappa shape index (κ1) is 15.8. The number of hydrazine groups is 1. The number of hydrogen-bond donors (Lipinski definition) is 2. The molecule has 0 saturated heterocycles. The van der Waals surface area contributed by atoms with Gasteiger partial charge >= 0.3 is 0 Å². The summed E-state index contributed by atoms with van der Waals surface area (Å²) in [5, 5.41) is 0. The normalized spacial score (nSPS) is 12.2. The molecule has 0 amide bonds. The predicted octanol–water partition coefficient (Wildman–Crippen LogP) is 3.30. The second-order valence-corrected chi connectivity index (χ2v) is 5.55. The van der Waals surface area contributed by atoms with Crippen LogP contribution in [0.15, 0.2) is 47.4 Å². The standard InChI is InChI=1S/C16H19FN2OS/c1-20-16-8-3-11(9-14(16)17)10-15(19-18)12-4-6-13(21-2)7-5-12/h3-9,15,19H,10,18H2,1-2H3. The molecule has 21 heavy (non-hydrogen) atoms. The Balaban J connectivity index is 2.16. The fraction of sp³-hybridized carbons (Fsp3) is 0.250. The lowest BCUT2D eigenvalue weighted by Gasteiger charge is -2.17. The third-order valence-corrected chi connectivity index (χ3v) is 4.12. The summed E-state index contributed by atoms with van der Waals surface area (Å²) in [5.41, 5.74) is 4.73. The fourth-order valence-electron chi connectivity index (χ4n) is 2.18. The number of methoxy groups -OCH3 is 1. The molecule has 112 valence electrons. The number of thioether (sulfide) groups is 1. The Morgan fingerprint density at radius 3 is 2.48 bits per heavy atom. The molecule has 0 fully saturated rings. The van der Waals surface area contributed by atoms with E-state index in [1.165, 1.54) is 18.1 Å². The van der Waals surface area contributed by atoms with Gasteiger partial charge in [0.2, 0.25) is 0 Å². The van der Waals surface area contributed by atoms with Gasteiger partial charge in [-0.05, 0) is 48.1 Å². The third kappa shape index (κ3) is 3.97. The molecule has 2 aromatic rings. The van der Waals surface area contributed by atoms with E-state index in [1.54, 1.807) is 17.8 Å². The first-order valence-corrected chi connectivity index (χ1v) is 7.83. The Morgan fingerprint density at radius 1 is 1.24 bits per heavy atom. The molecule has 1 atom stereocenters. The summed E-state index contributed by atoms with van der Waals surface area (Å²) in [7, 11) is 1.45. The SMILES string of the molecule is COc1ccc(CC(NN)c2ccc(SC)cc2)cc1F. The van der Waals surface area contributed by atoms with Gasteiger partial charge in [-0.25, -0.2) is 4.39 Å². The van der Waals surface area contributed by atoms with E-state index in [0.717, 1.165) is 11.1 Å². The first-order valence-electron chi connectivity index (χ1n) is 6.60. The molecule has 2 rings (SSSR count). The third-order valence-electron chi connectivity index (χ3n) is 3.38. The van der Waals surface area contributed by atoms with Gasteiger partial charge < -0.3 is 4.74 Å². The van der Waals surface area contributed by atoms with Gasteiger partial charge in [0.05, 0.1) is 7.11 Å². The molecule has 0 aromatic heterocycles. The van der Waals surface area contributed by atoms with Crippen molar-refractivity contribution in [3.8, 4) is 5.75 Å².